The van der Waals surface area contributed by atoms with Gasteiger partial charge < -0.3 is 10.1 Å². The molecule has 0 saturated heterocycles. The van der Waals surface area contributed by atoms with E-state index in [0.29, 0.717) is 6.04 Å². The zero-order chi connectivity index (χ0) is 13.4. The van der Waals surface area contributed by atoms with Gasteiger partial charge in [0.2, 0.25) is 0 Å². The monoisotopic (exact) mass is 259 g/mol. The summed E-state index contributed by atoms with van der Waals surface area (Å²) >= 11 is 0. The molecule has 19 heavy (non-hydrogen) atoms. The van der Waals surface area contributed by atoms with E-state index in [0.717, 1.165) is 30.2 Å². The maximum Gasteiger partial charge on any atom is 0.333 e. The molecule has 1 atom stereocenters. The van der Waals surface area contributed by atoms with Gasteiger partial charge in [-0.3, -0.25) is 9.13 Å². The fourth-order valence-corrected chi connectivity index (χ4v) is 2.41. The van der Waals surface area contributed by atoms with E-state index in [1.54, 1.807) is 11.7 Å². The van der Waals surface area contributed by atoms with E-state index in [-0.39, 0.29) is 5.69 Å². The lowest BCUT2D eigenvalue weighted by Gasteiger charge is -2.21. The number of ether oxygens (including phenoxy) is 1. The van der Waals surface area contributed by atoms with Crippen LogP contribution in [0.2, 0.25) is 0 Å². The Morgan fingerprint density at radius 1 is 1.32 bits per heavy atom. The van der Waals surface area contributed by atoms with Crippen molar-refractivity contribution in [3.8, 4) is 11.4 Å². The fraction of sp³-hybridized carbons (Fsp3) is 0.357. The number of nitrogens with zero attached hydrogens (tertiary/aromatic N) is 2. The number of imidazole rings is 1. The van der Waals surface area contributed by atoms with E-state index in [4.69, 9.17) is 4.74 Å². The first-order valence-electron chi connectivity index (χ1n) is 6.38. The minimum Gasteiger partial charge on any atom is -0.497 e. The molecule has 1 aliphatic heterocycles. The Hall–Kier alpha value is -2.01. The molecule has 1 N–H and O–H groups in total. The largest absolute Gasteiger partial charge is 0.497 e. The first-order valence-corrected chi connectivity index (χ1v) is 6.38. The van der Waals surface area contributed by atoms with Crippen LogP contribution < -0.4 is 15.7 Å². The molecule has 0 spiro atoms. The van der Waals surface area contributed by atoms with E-state index in [1.165, 1.54) is 0 Å². The number of fused-ring (bicyclic) bond motifs is 1. The lowest BCUT2D eigenvalue weighted by atomic mass is 10.2. The van der Waals surface area contributed by atoms with Crippen LogP contribution in [0.1, 0.15) is 12.6 Å². The zero-order valence-electron chi connectivity index (χ0n) is 11.1. The summed E-state index contributed by atoms with van der Waals surface area (Å²) in [6, 6.07) is 7.84. The molecule has 0 bridgehead atoms. The Labute approximate surface area is 111 Å². The molecule has 0 aliphatic carbocycles. The SMILES string of the molecule is COc1ccc(-n2cc3n(c2=O)CC(C)NC3)cc1. The standard InChI is InChI=1S/C14H17N3O2/c1-10-8-16-12(7-15-10)9-17(14(16)18)11-3-5-13(19-2)6-4-11/h3-6,9-10,15H,7-8H2,1-2H3. The van der Waals surface area contributed by atoms with Gasteiger partial charge in [0.25, 0.3) is 0 Å². The maximum absolute atomic E-state index is 12.4. The van der Waals surface area contributed by atoms with Gasteiger partial charge >= 0.3 is 5.69 Å². The number of aromatic nitrogens is 2. The number of rotatable bonds is 2. The molecule has 1 aliphatic rings. The molecule has 1 aromatic heterocycles. The predicted octanol–water partition coefficient (Wildman–Crippen LogP) is 1.14. The minimum absolute atomic E-state index is 0.0218. The molecule has 0 fully saturated rings. The van der Waals surface area contributed by atoms with Gasteiger partial charge in [-0.15, -0.1) is 0 Å². The highest BCUT2D eigenvalue weighted by atomic mass is 16.5. The molecule has 100 valence electrons. The van der Waals surface area contributed by atoms with Gasteiger partial charge in [-0.25, -0.2) is 4.79 Å². The summed E-state index contributed by atoms with van der Waals surface area (Å²) < 4.78 is 8.66. The third-order valence-electron chi connectivity index (χ3n) is 3.50. The molecule has 0 saturated carbocycles. The summed E-state index contributed by atoms with van der Waals surface area (Å²) in [5.74, 6) is 0.788. The highest BCUT2D eigenvalue weighted by Crippen LogP contribution is 2.15. The third kappa shape index (κ3) is 2.06. The number of nitrogens with one attached hydrogen (secondary N) is 1. The minimum atomic E-state index is 0.0218. The highest BCUT2D eigenvalue weighted by molar-refractivity contribution is 5.38. The topological polar surface area (TPSA) is 48.2 Å². The van der Waals surface area contributed by atoms with Crippen LogP contribution in [0.3, 0.4) is 0 Å². The van der Waals surface area contributed by atoms with Crippen molar-refractivity contribution in [2.75, 3.05) is 7.11 Å². The Morgan fingerprint density at radius 2 is 2.05 bits per heavy atom. The van der Waals surface area contributed by atoms with Crippen LogP contribution >= 0.6 is 0 Å². The second-order valence-corrected chi connectivity index (χ2v) is 4.86. The summed E-state index contributed by atoms with van der Waals surface area (Å²) in [5, 5.41) is 3.36. The summed E-state index contributed by atoms with van der Waals surface area (Å²) in [6.07, 6.45) is 1.91. The molecule has 3 rings (SSSR count). The summed E-state index contributed by atoms with van der Waals surface area (Å²) in [5.41, 5.74) is 1.91. The quantitative estimate of drug-likeness (QED) is 0.880. The fourth-order valence-electron chi connectivity index (χ4n) is 2.41. The van der Waals surface area contributed by atoms with Crippen molar-refractivity contribution in [3.05, 3.63) is 46.6 Å². The van der Waals surface area contributed by atoms with Crippen LogP contribution in [0.4, 0.5) is 0 Å². The van der Waals surface area contributed by atoms with Crippen LogP contribution in [0.5, 0.6) is 5.75 Å². The van der Waals surface area contributed by atoms with Crippen molar-refractivity contribution in [2.24, 2.45) is 0 Å². The highest BCUT2D eigenvalue weighted by Gasteiger charge is 2.19. The van der Waals surface area contributed by atoms with E-state index in [2.05, 4.69) is 12.2 Å². The van der Waals surface area contributed by atoms with Crippen molar-refractivity contribution in [3.63, 3.8) is 0 Å². The second-order valence-electron chi connectivity index (χ2n) is 4.86. The Kier molecular flexibility index (Phi) is 2.91. The van der Waals surface area contributed by atoms with E-state index in [1.807, 2.05) is 35.0 Å². The van der Waals surface area contributed by atoms with Gasteiger partial charge in [0, 0.05) is 25.3 Å². The molecule has 1 aromatic carbocycles. The zero-order valence-corrected chi connectivity index (χ0v) is 11.1. The Morgan fingerprint density at radius 3 is 2.74 bits per heavy atom. The number of hydrogen-bond acceptors (Lipinski definition) is 3. The van der Waals surface area contributed by atoms with E-state index < -0.39 is 0 Å². The van der Waals surface area contributed by atoms with Crippen molar-refractivity contribution in [2.45, 2.75) is 26.1 Å². The average molecular weight is 259 g/mol. The van der Waals surface area contributed by atoms with Crippen molar-refractivity contribution >= 4 is 0 Å². The van der Waals surface area contributed by atoms with Crippen LogP contribution in [-0.4, -0.2) is 22.3 Å². The first-order chi connectivity index (χ1) is 9.19. The van der Waals surface area contributed by atoms with Gasteiger partial charge in [0.05, 0.1) is 18.5 Å². The molecule has 2 aromatic rings. The van der Waals surface area contributed by atoms with Crippen LogP contribution in [0, 0.1) is 0 Å². The first kappa shape index (κ1) is 12.0. The normalized spacial score (nSPS) is 18.1. The van der Waals surface area contributed by atoms with Gasteiger partial charge in [-0.2, -0.15) is 0 Å². The molecule has 2 heterocycles. The molecular weight excluding hydrogens is 242 g/mol. The lowest BCUT2D eigenvalue weighted by molar-refractivity contribution is 0.409. The van der Waals surface area contributed by atoms with Gasteiger partial charge in [-0.05, 0) is 31.2 Å². The van der Waals surface area contributed by atoms with Gasteiger partial charge in [-0.1, -0.05) is 0 Å². The van der Waals surface area contributed by atoms with Crippen LogP contribution in [-0.2, 0) is 13.1 Å². The summed E-state index contributed by atoms with van der Waals surface area (Å²) in [4.78, 5) is 12.4. The van der Waals surface area contributed by atoms with E-state index >= 15 is 0 Å². The Bertz CT molecular complexity index is 640. The second kappa shape index (κ2) is 4.59. The van der Waals surface area contributed by atoms with Crippen LogP contribution in [0.15, 0.2) is 35.3 Å². The smallest absolute Gasteiger partial charge is 0.333 e. The molecule has 5 nitrogen and oxygen atoms in total. The third-order valence-corrected chi connectivity index (χ3v) is 3.50. The van der Waals surface area contributed by atoms with E-state index in [9.17, 15) is 4.79 Å². The maximum atomic E-state index is 12.4. The van der Waals surface area contributed by atoms with Crippen molar-refractivity contribution in [1.82, 2.24) is 14.5 Å². The number of methoxy groups -OCH3 is 1. The van der Waals surface area contributed by atoms with Crippen LogP contribution in [0.25, 0.3) is 5.69 Å². The van der Waals surface area contributed by atoms with Gasteiger partial charge in [0.1, 0.15) is 5.75 Å². The molecule has 5 heteroatoms. The average Bonchev–Trinajstić information content (AvgIpc) is 2.76. The Balaban J connectivity index is 2.03. The summed E-state index contributed by atoms with van der Waals surface area (Å²) in [6.45, 7) is 3.54. The lowest BCUT2D eigenvalue weighted by Crippen LogP contribution is -2.40. The number of benzene rings is 1. The van der Waals surface area contributed by atoms with Gasteiger partial charge in [0.15, 0.2) is 0 Å². The molecule has 0 radical (unpaired) electrons. The molecule has 1 unspecified atom stereocenters. The van der Waals surface area contributed by atoms with Crippen molar-refractivity contribution < 1.29 is 4.74 Å². The molecular formula is C14H17N3O2. The predicted molar refractivity (Wildman–Crippen MR) is 72.9 cm³/mol. The van der Waals surface area contributed by atoms with Crippen molar-refractivity contribution in [1.29, 1.82) is 0 Å². The number of hydrogen-bond donors (Lipinski definition) is 1. The summed E-state index contributed by atoms with van der Waals surface area (Å²) in [7, 11) is 1.63. The molecule has 0 amide bonds.